The molecule has 1 heterocycles. The van der Waals surface area contributed by atoms with Crippen LogP contribution in [0.25, 0.3) is 0 Å². The summed E-state index contributed by atoms with van der Waals surface area (Å²) < 4.78 is 33.5. The molecule has 184 valence electrons. The van der Waals surface area contributed by atoms with Crippen LogP contribution in [0.5, 0.6) is 5.75 Å². The number of ether oxygens (including phenoxy) is 1. The fraction of sp³-hybridized carbons (Fsp3) is 0.321. The second-order valence-corrected chi connectivity index (χ2v) is 10.7. The highest BCUT2D eigenvalue weighted by Gasteiger charge is 2.33. The van der Waals surface area contributed by atoms with Crippen LogP contribution in [0.4, 0.5) is 0 Å². The van der Waals surface area contributed by atoms with E-state index < -0.39 is 10.0 Å². The molecule has 1 N–H and O–H groups in total. The molecule has 0 saturated carbocycles. The fourth-order valence-corrected chi connectivity index (χ4v) is 6.07. The molecule has 35 heavy (non-hydrogen) atoms. The number of nitrogens with zero attached hydrogens (tertiary/aromatic N) is 1. The molecule has 0 bridgehead atoms. The zero-order valence-electron chi connectivity index (χ0n) is 20.2. The fourth-order valence-electron chi connectivity index (χ4n) is 4.52. The quantitative estimate of drug-likeness (QED) is 0.495. The third kappa shape index (κ3) is 5.74. The molecule has 0 aliphatic carbocycles. The molecule has 4 rings (SSSR count). The summed E-state index contributed by atoms with van der Waals surface area (Å²) in [6.45, 7) is 4.89. The lowest BCUT2D eigenvalue weighted by molar-refractivity contribution is -0.126. The van der Waals surface area contributed by atoms with Gasteiger partial charge in [-0.15, -0.1) is 0 Å². The molecule has 1 amide bonds. The van der Waals surface area contributed by atoms with Gasteiger partial charge < -0.3 is 10.1 Å². The normalized spacial score (nSPS) is 15.2. The lowest BCUT2D eigenvalue weighted by Gasteiger charge is -2.32. The van der Waals surface area contributed by atoms with Crippen LogP contribution in [0.2, 0.25) is 0 Å². The van der Waals surface area contributed by atoms with Gasteiger partial charge in [-0.3, -0.25) is 4.79 Å². The number of amides is 1. The molecule has 6 nitrogen and oxygen atoms in total. The summed E-state index contributed by atoms with van der Waals surface area (Å²) in [6, 6.07) is 24.5. The summed E-state index contributed by atoms with van der Waals surface area (Å²) in [5.74, 6) is 0.406. The lowest BCUT2D eigenvalue weighted by atomic mass is 9.94. The third-order valence-corrected chi connectivity index (χ3v) is 8.36. The molecule has 0 unspecified atom stereocenters. The van der Waals surface area contributed by atoms with E-state index in [2.05, 4.69) is 5.32 Å². The van der Waals surface area contributed by atoms with Crippen molar-refractivity contribution in [2.75, 3.05) is 19.7 Å². The van der Waals surface area contributed by atoms with Gasteiger partial charge >= 0.3 is 0 Å². The molecule has 0 aromatic heterocycles. The van der Waals surface area contributed by atoms with Gasteiger partial charge in [0.05, 0.1) is 17.5 Å². The number of rotatable bonds is 8. The minimum Gasteiger partial charge on any atom is -0.494 e. The maximum absolute atomic E-state index is 13.2. The van der Waals surface area contributed by atoms with Crippen LogP contribution in [-0.2, 0) is 14.8 Å². The predicted molar refractivity (Wildman–Crippen MR) is 137 cm³/mol. The molecule has 3 aromatic rings. The second kappa shape index (κ2) is 11.1. The Labute approximate surface area is 208 Å². The van der Waals surface area contributed by atoms with Gasteiger partial charge in [0.2, 0.25) is 15.9 Å². The number of hydrogen-bond donors (Lipinski definition) is 1. The molecule has 1 aliphatic rings. The Kier molecular flexibility index (Phi) is 7.88. The van der Waals surface area contributed by atoms with E-state index in [9.17, 15) is 13.2 Å². The van der Waals surface area contributed by atoms with Gasteiger partial charge in [0, 0.05) is 19.0 Å². The number of benzene rings is 3. The van der Waals surface area contributed by atoms with E-state index in [4.69, 9.17) is 4.74 Å². The number of carbonyl (C=O) groups excluding carboxylic acids is 1. The number of nitrogens with one attached hydrogen (secondary N) is 1. The number of piperidine rings is 1. The molecule has 0 radical (unpaired) electrons. The topological polar surface area (TPSA) is 75.7 Å². The van der Waals surface area contributed by atoms with E-state index in [-0.39, 0.29) is 22.8 Å². The van der Waals surface area contributed by atoms with Crippen molar-refractivity contribution in [2.45, 2.75) is 37.6 Å². The summed E-state index contributed by atoms with van der Waals surface area (Å²) in [5, 5.41) is 3.21. The first-order valence-corrected chi connectivity index (χ1v) is 13.5. The van der Waals surface area contributed by atoms with Gasteiger partial charge in [-0.1, -0.05) is 60.7 Å². The van der Waals surface area contributed by atoms with E-state index in [0.29, 0.717) is 38.3 Å². The first-order valence-electron chi connectivity index (χ1n) is 12.0. The minimum absolute atomic E-state index is 0.0448. The van der Waals surface area contributed by atoms with E-state index >= 15 is 0 Å². The Morgan fingerprint density at radius 2 is 1.54 bits per heavy atom. The number of sulfonamides is 1. The SMILES string of the molecule is CCOc1ccc(S(=O)(=O)N2CCC(C(=O)NC(c3ccccc3)c3ccccc3)CC2)cc1C. The molecule has 1 fully saturated rings. The number of aryl methyl sites for hydroxylation is 1. The van der Waals surface area contributed by atoms with Crippen molar-refractivity contribution in [2.24, 2.45) is 5.92 Å². The number of hydrogen-bond acceptors (Lipinski definition) is 4. The lowest BCUT2D eigenvalue weighted by Crippen LogP contribution is -2.43. The summed E-state index contributed by atoms with van der Waals surface area (Å²) >= 11 is 0. The van der Waals surface area contributed by atoms with Crippen molar-refractivity contribution in [3.8, 4) is 5.75 Å². The first kappa shape index (κ1) is 24.9. The average molecular weight is 493 g/mol. The molecule has 1 aliphatic heterocycles. The Bertz CT molecular complexity index is 1200. The van der Waals surface area contributed by atoms with E-state index in [0.717, 1.165) is 16.7 Å². The van der Waals surface area contributed by atoms with Crippen LogP contribution >= 0.6 is 0 Å². The average Bonchev–Trinajstić information content (AvgIpc) is 2.89. The molecule has 3 aromatic carbocycles. The van der Waals surface area contributed by atoms with E-state index in [1.54, 1.807) is 18.2 Å². The Hall–Kier alpha value is -3.16. The number of carbonyl (C=O) groups is 1. The van der Waals surface area contributed by atoms with Crippen LogP contribution in [0.3, 0.4) is 0 Å². The van der Waals surface area contributed by atoms with Gasteiger partial charge in [-0.05, 0) is 61.6 Å². The maximum atomic E-state index is 13.2. The van der Waals surface area contributed by atoms with Crippen molar-refractivity contribution in [3.05, 3.63) is 95.6 Å². The molecule has 7 heteroatoms. The van der Waals surface area contributed by atoms with Crippen molar-refractivity contribution < 1.29 is 17.9 Å². The zero-order chi connectivity index (χ0) is 24.8. The van der Waals surface area contributed by atoms with E-state index in [1.165, 1.54) is 4.31 Å². The second-order valence-electron chi connectivity index (χ2n) is 8.80. The van der Waals surface area contributed by atoms with Gasteiger partial charge in [0.15, 0.2) is 0 Å². The Morgan fingerprint density at radius 3 is 2.06 bits per heavy atom. The van der Waals surface area contributed by atoms with Crippen molar-refractivity contribution >= 4 is 15.9 Å². The molecular formula is C28H32N2O4S. The van der Waals surface area contributed by atoms with Crippen LogP contribution < -0.4 is 10.1 Å². The highest BCUT2D eigenvalue weighted by molar-refractivity contribution is 7.89. The van der Waals surface area contributed by atoms with Gasteiger partial charge in [0.1, 0.15) is 5.75 Å². The van der Waals surface area contributed by atoms with Crippen molar-refractivity contribution in [1.29, 1.82) is 0 Å². The molecule has 0 spiro atoms. The summed E-state index contributed by atoms with van der Waals surface area (Å²) in [4.78, 5) is 13.5. The zero-order valence-corrected chi connectivity index (χ0v) is 21.0. The summed E-state index contributed by atoms with van der Waals surface area (Å²) in [7, 11) is -3.63. The molecule has 0 atom stereocenters. The molecule has 1 saturated heterocycles. The monoisotopic (exact) mass is 492 g/mol. The van der Waals surface area contributed by atoms with Crippen LogP contribution in [0, 0.1) is 12.8 Å². The van der Waals surface area contributed by atoms with E-state index in [1.807, 2.05) is 74.5 Å². The summed E-state index contributed by atoms with van der Waals surface area (Å²) in [6.07, 6.45) is 0.967. The van der Waals surface area contributed by atoms with Gasteiger partial charge in [-0.2, -0.15) is 4.31 Å². The standard InChI is InChI=1S/C28H32N2O4S/c1-3-34-26-15-14-25(20-21(26)2)35(32,33)30-18-16-24(17-19-30)28(31)29-27(22-10-6-4-7-11-22)23-12-8-5-9-13-23/h4-15,20,24,27H,3,16-19H2,1-2H3,(H,29,31). The first-order chi connectivity index (χ1) is 16.9. The van der Waals surface area contributed by atoms with Crippen molar-refractivity contribution in [3.63, 3.8) is 0 Å². The van der Waals surface area contributed by atoms with Crippen LogP contribution in [0.1, 0.15) is 42.5 Å². The largest absolute Gasteiger partial charge is 0.494 e. The van der Waals surface area contributed by atoms with Gasteiger partial charge in [0.25, 0.3) is 0 Å². The molecular weight excluding hydrogens is 460 g/mol. The van der Waals surface area contributed by atoms with Crippen molar-refractivity contribution in [1.82, 2.24) is 9.62 Å². The van der Waals surface area contributed by atoms with Crippen LogP contribution in [-0.4, -0.2) is 38.3 Å². The highest BCUT2D eigenvalue weighted by Crippen LogP contribution is 2.29. The predicted octanol–water partition coefficient (Wildman–Crippen LogP) is 4.70. The summed E-state index contributed by atoms with van der Waals surface area (Å²) in [5.41, 5.74) is 2.81. The smallest absolute Gasteiger partial charge is 0.243 e. The highest BCUT2D eigenvalue weighted by atomic mass is 32.2. The van der Waals surface area contributed by atoms with Gasteiger partial charge in [-0.25, -0.2) is 8.42 Å². The Morgan fingerprint density at radius 1 is 0.971 bits per heavy atom. The van der Waals surface area contributed by atoms with Crippen LogP contribution in [0.15, 0.2) is 83.8 Å². The minimum atomic E-state index is -3.63. The maximum Gasteiger partial charge on any atom is 0.243 e. The Balaban J connectivity index is 1.43. The third-order valence-electron chi connectivity index (χ3n) is 6.46.